The van der Waals surface area contributed by atoms with Crippen LogP contribution in [0.25, 0.3) is 0 Å². The minimum atomic E-state index is -0.713. The highest BCUT2D eigenvalue weighted by Gasteiger charge is 2.42. The number of nitrogens with one attached hydrogen (secondary N) is 3. The number of rotatable bonds is 8. The molecule has 5 rings (SSSR count). The second-order valence-corrected chi connectivity index (χ2v) is 16.0. The number of methoxy groups -OCH3 is 2. The van der Waals surface area contributed by atoms with Crippen LogP contribution in [0.3, 0.4) is 0 Å². The van der Waals surface area contributed by atoms with E-state index < -0.39 is 24.3 Å². The van der Waals surface area contributed by atoms with Gasteiger partial charge >= 0.3 is 12.2 Å². The Labute approximate surface area is 330 Å². The largest absolute Gasteiger partial charge is 0.453 e. The van der Waals surface area contributed by atoms with Crippen molar-refractivity contribution in [3.05, 3.63) is 63.9 Å². The monoisotopic (exact) mass is 765 g/mol. The molecule has 1 aromatic heterocycles. The zero-order valence-electron chi connectivity index (χ0n) is 34.2. The summed E-state index contributed by atoms with van der Waals surface area (Å²) in [6.45, 7) is 17.0. The molecule has 0 saturated carbocycles. The van der Waals surface area contributed by atoms with E-state index in [0.717, 1.165) is 46.4 Å². The van der Waals surface area contributed by atoms with Gasteiger partial charge in [0.15, 0.2) is 0 Å². The number of aromatic nitrogens is 2. The molecule has 1 aromatic carbocycles. The van der Waals surface area contributed by atoms with Crippen LogP contribution in [0.4, 0.5) is 9.59 Å². The number of amides is 4. The summed E-state index contributed by atoms with van der Waals surface area (Å²) in [5.74, 6) is 13.8. The van der Waals surface area contributed by atoms with Gasteiger partial charge in [-0.25, -0.2) is 14.6 Å². The maximum Gasteiger partial charge on any atom is 0.407 e. The smallest absolute Gasteiger partial charge is 0.407 e. The first kappa shape index (κ1) is 41.6. The van der Waals surface area contributed by atoms with Crippen molar-refractivity contribution in [1.29, 1.82) is 0 Å². The van der Waals surface area contributed by atoms with E-state index >= 15 is 0 Å². The van der Waals surface area contributed by atoms with Gasteiger partial charge in [0, 0.05) is 48.1 Å². The summed E-state index contributed by atoms with van der Waals surface area (Å²) in [6, 6.07) is 2.25. The van der Waals surface area contributed by atoms with Crippen LogP contribution in [0.1, 0.15) is 101 Å². The molecule has 2 aromatic rings. The third-order valence-electron chi connectivity index (χ3n) is 10.7. The number of aromatic amines is 1. The van der Waals surface area contributed by atoms with Gasteiger partial charge in [-0.15, -0.1) is 0 Å². The topological polar surface area (TPSA) is 158 Å². The summed E-state index contributed by atoms with van der Waals surface area (Å²) in [4.78, 5) is 67.6. The first-order chi connectivity index (χ1) is 26.6. The third-order valence-corrected chi connectivity index (χ3v) is 10.7. The van der Waals surface area contributed by atoms with Crippen molar-refractivity contribution in [3.63, 3.8) is 0 Å². The second kappa shape index (κ2) is 17.9. The van der Waals surface area contributed by atoms with Gasteiger partial charge in [0.2, 0.25) is 11.8 Å². The molecular weight excluding hydrogens is 711 g/mol. The molecule has 3 aliphatic heterocycles. The lowest BCUT2D eigenvalue weighted by Gasteiger charge is -2.31. The molecule has 6 atom stereocenters. The van der Waals surface area contributed by atoms with Gasteiger partial charge in [-0.3, -0.25) is 14.6 Å². The fraction of sp³-hybridized carbons (Fsp3) is 0.535. The Morgan fingerprint density at radius 3 is 1.80 bits per heavy atom. The Bertz CT molecular complexity index is 2030. The fourth-order valence-corrected chi connectivity index (χ4v) is 7.58. The quantitative estimate of drug-likeness (QED) is 0.303. The number of benzene rings is 1. The summed E-state index contributed by atoms with van der Waals surface area (Å²) < 4.78 is 9.53. The van der Waals surface area contributed by atoms with Gasteiger partial charge in [0.1, 0.15) is 23.6 Å². The van der Waals surface area contributed by atoms with Gasteiger partial charge in [-0.05, 0) is 79.5 Å². The number of aliphatic imine (C=N–C) groups is 1. The first-order valence-corrected chi connectivity index (χ1v) is 19.4. The number of carbonyl (C=O) groups excluding carboxylic acids is 4. The molecule has 13 nitrogen and oxygen atoms in total. The van der Waals surface area contributed by atoms with E-state index in [0.29, 0.717) is 36.9 Å². The number of likely N-dealkylation sites (tertiary alicyclic amines) is 2. The molecule has 3 aliphatic rings. The van der Waals surface area contributed by atoms with Gasteiger partial charge in [0.05, 0.1) is 32.5 Å². The molecule has 4 heterocycles. The minimum Gasteiger partial charge on any atom is -0.453 e. The molecule has 0 radical (unpaired) electrons. The van der Waals surface area contributed by atoms with E-state index in [9.17, 15) is 19.2 Å². The normalized spacial score (nSPS) is 21.4. The maximum absolute atomic E-state index is 13.7. The average molecular weight is 766 g/mol. The van der Waals surface area contributed by atoms with Gasteiger partial charge in [-0.1, -0.05) is 59.3 Å². The average Bonchev–Trinajstić information content (AvgIpc) is 3.98. The van der Waals surface area contributed by atoms with E-state index in [1.165, 1.54) is 14.2 Å². The number of aryl methyl sites for hydroxylation is 2. The van der Waals surface area contributed by atoms with Crippen LogP contribution in [0.15, 0.2) is 35.1 Å². The zero-order valence-corrected chi connectivity index (χ0v) is 34.2. The Hall–Kier alpha value is -5.56. The molecule has 4 amide bonds. The van der Waals surface area contributed by atoms with Crippen molar-refractivity contribution in [3.8, 4) is 23.7 Å². The molecule has 2 fully saturated rings. The molecule has 2 saturated heterocycles. The maximum atomic E-state index is 13.7. The van der Waals surface area contributed by atoms with Crippen LogP contribution in [-0.2, 0) is 19.1 Å². The van der Waals surface area contributed by atoms with Crippen molar-refractivity contribution in [2.75, 3.05) is 27.3 Å². The molecular formula is C43H55N7O6. The molecule has 56 heavy (non-hydrogen) atoms. The highest BCUT2D eigenvalue weighted by Crippen LogP contribution is 2.35. The number of alkyl carbamates (subject to hydrolysis) is 2. The molecule has 0 bridgehead atoms. The summed E-state index contributed by atoms with van der Waals surface area (Å²) in [6.07, 6.45) is 4.33. The number of allylic oxidation sites excluding steroid dienone is 1. The van der Waals surface area contributed by atoms with Gasteiger partial charge < -0.3 is 34.9 Å². The highest BCUT2D eigenvalue weighted by molar-refractivity contribution is 5.99. The number of ether oxygens (including phenoxy) is 2. The Morgan fingerprint density at radius 2 is 1.29 bits per heavy atom. The van der Waals surface area contributed by atoms with E-state index in [-0.39, 0.29) is 41.7 Å². The van der Waals surface area contributed by atoms with Gasteiger partial charge in [0.25, 0.3) is 0 Å². The summed E-state index contributed by atoms with van der Waals surface area (Å²) in [5, 5.41) is 5.40. The van der Waals surface area contributed by atoms with Gasteiger partial charge in [-0.2, -0.15) is 0 Å². The predicted molar refractivity (Wildman–Crippen MR) is 213 cm³/mol. The predicted octanol–water partition coefficient (Wildman–Crippen LogP) is 5.41. The zero-order chi connectivity index (χ0) is 40.8. The van der Waals surface area contributed by atoms with Crippen LogP contribution >= 0.6 is 0 Å². The standard InChI is InChI=1S/C43H55N7O6/c1-24(2)37(47-42(53)55-9)40(51)49-22-26(5)15-35(49)34-19-30(20-44-34)11-12-31-17-29(8)32(18-28(31)7)13-14-33-21-45-39(46-33)36-16-27(6)23-50(36)41(52)38(25(3)4)48-43(54)56-10/h17-18,20-21,24-27,35-38H,15-16,19,22-23H2,1-10H3,(H,45,46)(H,47,53)(H,48,54)/t26-,27-,35-,36-,37-,38-/m0/s1. The van der Waals surface area contributed by atoms with Crippen molar-refractivity contribution in [2.45, 2.75) is 98.8 Å². The van der Waals surface area contributed by atoms with Crippen molar-refractivity contribution >= 4 is 29.7 Å². The van der Waals surface area contributed by atoms with E-state index in [4.69, 9.17) is 14.5 Å². The highest BCUT2D eigenvalue weighted by atomic mass is 16.5. The lowest BCUT2D eigenvalue weighted by atomic mass is 9.98. The molecule has 3 N–H and O–H groups in total. The van der Waals surface area contributed by atoms with Crippen molar-refractivity contribution in [2.24, 2.45) is 28.7 Å². The Balaban J connectivity index is 1.24. The number of H-pyrrole nitrogens is 1. The minimum absolute atomic E-state index is 0.107. The van der Waals surface area contributed by atoms with Crippen LogP contribution in [0.2, 0.25) is 0 Å². The molecule has 298 valence electrons. The van der Waals surface area contributed by atoms with Crippen LogP contribution in [0.5, 0.6) is 0 Å². The molecule has 0 spiro atoms. The number of nitrogens with zero attached hydrogens (tertiary/aromatic N) is 4. The van der Waals surface area contributed by atoms with Crippen LogP contribution in [0, 0.1) is 61.2 Å². The molecule has 0 unspecified atom stereocenters. The third kappa shape index (κ3) is 9.62. The summed E-state index contributed by atoms with van der Waals surface area (Å²) in [5.41, 5.74) is 6.17. The van der Waals surface area contributed by atoms with Crippen molar-refractivity contribution in [1.82, 2.24) is 30.4 Å². The van der Waals surface area contributed by atoms with E-state index in [1.54, 1.807) is 17.3 Å². The number of imidazole rings is 1. The number of carbonyl (C=O) groups is 4. The lowest BCUT2D eigenvalue weighted by molar-refractivity contribution is -0.136. The van der Waals surface area contributed by atoms with E-state index in [1.807, 2.05) is 58.6 Å². The Morgan fingerprint density at radius 1 is 0.786 bits per heavy atom. The van der Waals surface area contributed by atoms with Crippen LogP contribution in [-0.4, -0.2) is 94.9 Å². The summed E-state index contributed by atoms with van der Waals surface area (Å²) in [7, 11) is 2.57. The number of hydrogen-bond acceptors (Lipinski definition) is 8. The fourth-order valence-electron chi connectivity index (χ4n) is 7.58. The number of hydrogen-bond donors (Lipinski definition) is 3. The molecule has 13 heteroatoms. The molecule has 0 aliphatic carbocycles. The second-order valence-electron chi connectivity index (χ2n) is 16.0. The lowest BCUT2D eigenvalue weighted by Crippen LogP contribution is -2.53. The summed E-state index contributed by atoms with van der Waals surface area (Å²) >= 11 is 0. The first-order valence-electron chi connectivity index (χ1n) is 19.4. The van der Waals surface area contributed by atoms with Crippen molar-refractivity contribution < 1.29 is 28.7 Å². The van der Waals surface area contributed by atoms with Crippen LogP contribution < -0.4 is 10.6 Å². The van der Waals surface area contributed by atoms with E-state index in [2.05, 4.69) is 58.1 Å². The Kier molecular flexibility index (Phi) is 13.3. The SMILES string of the molecule is COC(=O)N[C@H](C(=O)N1C[C@@H](C)C[C@H]1C1=NC=C(C#Cc2cc(C)c(C#Cc3cnc([C@@H]4C[C@H](C)CN4C(=O)[C@@H](NC(=O)OC)C(C)C)[nH]3)cc2C)C1)C(C)C.